The zero-order valence-corrected chi connectivity index (χ0v) is 11.9. The quantitative estimate of drug-likeness (QED) is 0.792. The Morgan fingerprint density at radius 3 is 2.67 bits per heavy atom. The zero-order chi connectivity index (χ0) is 14.5. The second-order valence-electron chi connectivity index (χ2n) is 5.23. The van der Waals surface area contributed by atoms with Gasteiger partial charge in [-0.2, -0.15) is 5.26 Å². The molecule has 2 aromatic rings. The van der Waals surface area contributed by atoms with Gasteiger partial charge in [0.25, 0.3) is 0 Å². The van der Waals surface area contributed by atoms with Crippen LogP contribution in [0.15, 0.2) is 54.6 Å². The molecule has 1 aliphatic rings. The first-order chi connectivity index (χ1) is 10.4. The van der Waals surface area contributed by atoms with Crippen LogP contribution in [0.25, 0.3) is 0 Å². The molecule has 0 spiro atoms. The van der Waals surface area contributed by atoms with Crippen molar-refractivity contribution in [2.75, 3.05) is 19.7 Å². The van der Waals surface area contributed by atoms with Crippen LogP contribution in [-0.4, -0.2) is 24.6 Å². The van der Waals surface area contributed by atoms with Gasteiger partial charge in [-0.25, -0.2) is 0 Å². The highest BCUT2D eigenvalue weighted by molar-refractivity contribution is 5.36. The van der Waals surface area contributed by atoms with Gasteiger partial charge in [-0.1, -0.05) is 54.6 Å². The number of fused-ring (bicyclic) bond motifs is 1. The van der Waals surface area contributed by atoms with Crippen LogP contribution in [0.1, 0.15) is 22.8 Å². The summed E-state index contributed by atoms with van der Waals surface area (Å²) in [5, 5.41) is 8.93. The summed E-state index contributed by atoms with van der Waals surface area (Å²) in [7, 11) is 0. The molecule has 0 amide bonds. The maximum absolute atomic E-state index is 8.93. The Hall–Kier alpha value is -2.15. The predicted octanol–water partition coefficient (Wildman–Crippen LogP) is 3.13. The smallest absolute Gasteiger partial charge is 0.108 e. The molecule has 0 aromatic heterocycles. The number of nitrogens with zero attached hydrogens (tertiary/aromatic N) is 2. The fraction of sp³-hybridized carbons (Fsp3) is 0.278. The molecule has 2 aromatic carbocycles. The molecule has 0 fully saturated rings. The number of hydrogen-bond donors (Lipinski definition) is 0. The van der Waals surface area contributed by atoms with E-state index < -0.39 is 0 Å². The minimum absolute atomic E-state index is 0.0216. The second-order valence-corrected chi connectivity index (χ2v) is 5.23. The Kier molecular flexibility index (Phi) is 4.30. The Labute approximate surface area is 125 Å². The third-order valence-corrected chi connectivity index (χ3v) is 3.82. The molecule has 0 bridgehead atoms. The second kappa shape index (κ2) is 6.53. The molecule has 21 heavy (non-hydrogen) atoms. The van der Waals surface area contributed by atoms with E-state index in [4.69, 9.17) is 10.00 Å². The van der Waals surface area contributed by atoms with Gasteiger partial charge in [0.15, 0.2) is 0 Å². The Morgan fingerprint density at radius 2 is 1.86 bits per heavy atom. The Morgan fingerprint density at radius 1 is 1.10 bits per heavy atom. The molecule has 106 valence electrons. The van der Waals surface area contributed by atoms with Gasteiger partial charge in [0, 0.05) is 13.1 Å². The molecule has 0 aliphatic carbocycles. The van der Waals surface area contributed by atoms with E-state index in [0.717, 1.165) is 13.1 Å². The van der Waals surface area contributed by atoms with E-state index in [0.29, 0.717) is 13.2 Å². The van der Waals surface area contributed by atoms with E-state index in [2.05, 4.69) is 35.2 Å². The summed E-state index contributed by atoms with van der Waals surface area (Å²) in [6, 6.07) is 20.9. The summed E-state index contributed by atoms with van der Waals surface area (Å²) in [6.45, 7) is 2.66. The van der Waals surface area contributed by atoms with Gasteiger partial charge in [0.05, 0.1) is 19.2 Å². The number of ether oxygens (including phenoxy) is 1. The molecular formula is C18H18N2O. The maximum atomic E-state index is 8.93. The van der Waals surface area contributed by atoms with Crippen molar-refractivity contribution >= 4 is 0 Å². The third-order valence-electron chi connectivity index (χ3n) is 3.82. The Balaban J connectivity index is 1.97. The van der Waals surface area contributed by atoms with Crippen molar-refractivity contribution in [3.8, 4) is 6.07 Å². The molecule has 1 atom stereocenters. The van der Waals surface area contributed by atoms with Gasteiger partial charge in [-0.15, -0.1) is 0 Å². The van der Waals surface area contributed by atoms with Crippen LogP contribution in [0.2, 0.25) is 0 Å². The lowest BCUT2D eigenvalue weighted by Crippen LogP contribution is -2.31. The van der Waals surface area contributed by atoms with Crippen molar-refractivity contribution in [1.82, 2.24) is 4.90 Å². The molecule has 3 nitrogen and oxygen atoms in total. The van der Waals surface area contributed by atoms with E-state index in [9.17, 15) is 0 Å². The van der Waals surface area contributed by atoms with Crippen LogP contribution in [0.4, 0.5) is 0 Å². The lowest BCUT2D eigenvalue weighted by Gasteiger charge is -2.29. The molecule has 1 heterocycles. The molecule has 1 unspecified atom stereocenters. The number of nitriles is 1. The van der Waals surface area contributed by atoms with Gasteiger partial charge in [0.2, 0.25) is 0 Å². The fourth-order valence-corrected chi connectivity index (χ4v) is 2.78. The van der Waals surface area contributed by atoms with Gasteiger partial charge in [0.1, 0.15) is 6.10 Å². The van der Waals surface area contributed by atoms with Crippen LogP contribution in [0.3, 0.4) is 0 Å². The van der Waals surface area contributed by atoms with E-state index in [1.807, 2.05) is 30.3 Å². The van der Waals surface area contributed by atoms with Crippen molar-refractivity contribution in [2.45, 2.75) is 12.6 Å². The van der Waals surface area contributed by atoms with Crippen molar-refractivity contribution in [1.29, 1.82) is 5.26 Å². The highest BCUT2D eigenvalue weighted by Crippen LogP contribution is 2.30. The maximum Gasteiger partial charge on any atom is 0.108 e. The molecule has 0 saturated heterocycles. The lowest BCUT2D eigenvalue weighted by molar-refractivity contribution is 0.0524. The lowest BCUT2D eigenvalue weighted by atomic mass is 9.95. The topological polar surface area (TPSA) is 36.3 Å². The summed E-state index contributed by atoms with van der Waals surface area (Å²) >= 11 is 0. The minimum Gasteiger partial charge on any atom is -0.367 e. The molecule has 0 radical (unpaired) electrons. The molecule has 1 aliphatic heterocycles. The summed E-state index contributed by atoms with van der Waals surface area (Å²) in [4.78, 5) is 2.13. The van der Waals surface area contributed by atoms with Crippen molar-refractivity contribution in [2.24, 2.45) is 0 Å². The van der Waals surface area contributed by atoms with Crippen LogP contribution in [-0.2, 0) is 11.3 Å². The molecule has 3 rings (SSSR count). The van der Waals surface area contributed by atoms with Crippen LogP contribution >= 0.6 is 0 Å². The number of benzene rings is 2. The van der Waals surface area contributed by atoms with Crippen molar-refractivity contribution in [3.05, 3.63) is 71.3 Å². The fourth-order valence-electron chi connectivity index (χ4n) is 2.78. The molecule has 0 saturated carbocycles. The summed E-state index contributed by atoms with van der Waals surface area (Å²) in [5.74, 6) is 0. The van der Waals surface area contributed by atoms with Crippen molar-refractivity contribution < 1.29 is 4.74 Å². The van der Waals surface area contributed by atoms with Crippen LogP contribution in [0, 0.1) is 11.3 Å². The SMILES string of the molecule is N#CCN1CCOC(c2ccccc2)c2ccccc2C1. The number of hydrogen-bond acceptors (Lipinski definition) is 3. The molecule has 3 heteroatoms. The first kappa shape index (κ1) is 13.8. The van der Waals surface area contributed by atoms with Gasteiger partial charge in [-0.3, -0.25) is 4.90 Å². The first-order valence-corrected chi connectivity index (χ1v) is 7.22. The van der Waals surface area contributed by atoms with Crippen LogP contribution in [0.5, 0.6) is 0 Å². The monoisotopic (exact) mass is 278 g/mol. The minimum atomic E-state index is -0.0216. The average molecular weight is 278 g/mol. The first-order valence-electron chi connectivity index (χ1n) is 7.22. The summed E-state index contributed by atoms with van der Waals surface area (Å²) < 4.78 is 6.12. The summed E-state index contributed by atoms with van der Waals surface area (Å²) in [5.41, 5.74) is 3.62. The zero-order valence-electron chi connectivity index (χ0n) is 11.9. The number of rotatable bonds is 2. The third kappa shape index (κ3) is 3.13. The van der Waals surface area contributed by atoms with E-state index in [-0.39, 0.29) is 6.10 Å². The average Bonchev–Trinajstić information content (AvgIpc) is 2.51. The highest BCUT2D eigenvalue weighted by atomic mass is 16.5. The Bertz CT molecular complexity index is 633. The highest BCUT2D eigenvalue weighted by Gasteiger charge is 2.21. The van der Waals surface area contributed by atoms with Gasteiger partial charge >= 0.3 is 0 Å². The van der Waals surface area contributed by atoms with Crippen LogP contribution < -0.4 is 0 Å². The normalized spacial score (nSPS) is 19.1. The van der Waals surface area contributed by atoms with Gasteiger partial charge in [-0.05, 0) is 16.7 Å². The van der Waals surface area contributed by atoms with E-state index >= 15 is 0 Å². The standard InChI is InChI=1S/C18H18N2O/c19-10-11-20-12-13-21-18(15-6-2-1-3-7-15)17-9-5-4-8-16(17)14-20/h1-9,18H,11-14H2. The predicted molar refractivity (Wildman–Crippen MR) is 81.6 cm³/mol. The molecule has 0 N–H and O–H groups in total. The van der Waals surface area contributed by atoms with Gasteiger partial charge < -0.3 is 4.74 Å². The largest absolute Gasteiger partial charge is 0.367 e. The van der Waals surface area contributed by atoms with E-state index in [1.54, 1.807) is 0 Å². The van der Waals surface area contributed by atoms with Crippen molar-refractivity contribution in [3.63, 3.8) is 0 Å². The summed E-state index contributed by atoms with van der Waals surface area (Å²) in [6.07, 6.45) is -0.0216. The van der Waals surface area contributed by atoms with E-state index in [1.165, 1.54) is 16.7 Å². The molecular weight excluding hydrogens is 260 g/mol.